The second-order valence-corrected chi connectivity index (χ2v) is 6.92. The van der Waals surface area contributed by atoms with Gasteiger partial charge >= 0.3 is 0 Å². The number of nitrogens with zero attached hydrogens (tertiary/aromatic N) is 3. The van der Waals surface area contributed by atoms with E-state index in [9.17, 15) is 9.59 Å². The molecule has 0 fully saturated rings. The zero-order valence-corrected chi connectivity index (χ0v) is 14.5. The molecule has 1 aromatic heterocycles. The molecule has 0 saturated heterocycles. The number of carbonyl (C=O) groups excluding carboxylic acids is 1. The van der Waals surface area contributed by atoms with Crippen LogP contribution in [-0.2, 0) is 6.54 Å². The summed E-state index contributed by atoms with van der Waals surface area (Å²) in [7, 11) is 3.93. The standard InChI is InChI=1S/C17H20N4O2S/c1-20(2)14(12-6-4-3-5-7-12)11-18-15(22)13-10-19-17-21(16(13)23)8-9-24-17/h3-7,10,14H,8-9,11H2,1-2H3,(H,18,22). The predicted octanol–water partition coefficient (Wildman–Crippen LogP) is 1.38. The van der Waals surface area contributed by atoms with E-state index in [1.165, 1.54) is 18.0 Å². The molecule has 0 aliphatic carbocycles. The molecule has 2 heterocycles. The van der Waals surface area contributed by atoms with E-state index in [1.54, 1.807) is 4.57 Å². The van der Waals surface area contributed by atoms with E-state index in [0.717, 1.165) is 11.3 Å². The van der Waals surface area contributed by atoms with E-state index in [-0.39, 0.29) is 23.1 Å². The van der Waals surface area contributed by atoms with E-state index >= 15 is 0 Å². The molecule has 126 valence electrons. The van der Waals surface area contributed by atoms with Gasteiger partial charge in [-0.05, 0) is 19.7 Å². The SMILES string of the molecule is CN(C)C(CNC(=O)c1cnc2n(c1=O)CCS2)c1ccccc1. The highest BCUT2D eigenvalue weighted by Gasteiger charge is 2.21. The van der Waals surface area contributed by atoms with Gasteiger partial charge in [0.25, 0.3) is 11.5 Å². The summed E-state index contributed by atoms with van der Waals surface area (Å²) in [6.07, 6.45) is 1.38. The van der Waals surface area contributed by atoms with Gasteiger partial charge in [-0.25, -0.2) is 4.98 Å². The third kappa shape index (κ3) is 3.37. The lowest BCUT2D eigenvalue weighted by molar-refractivity contribution is 0.0939. The number of rotatable bonds is 5. The number of hydrogen-bond donors (Lipinski definition) is 1. The minimum atomic E-state index is -0.373. The Labute approximate surface area is 144 Å². The molecule has 1 aliphatic rings. The number of amides is 1. The molecule has 24 heavy (non-hydrogen) atoms. The normalized spacial score (nSPS) is 14.5. The van der Waals surface area contributed by atoms with Gasteiger partial charge in [0.05, 0.1) is 6.04 Å². The first-order valence-corrected chi connectivity index (χ1v) is 8.78. The molecule has 1 atom stereocenters. The van der Waals surface area contributed by atoms with Crippen molar-refractivity contribution in [3.63, 3.8) is 0 Å². The van der Waals surface area contributed by atoms with Crippen LogP contribution in [0.25, 0.3) is 0 Å². The summed E-state index contributed by atoms with van der Waals surface area (Å²) in [5.41, 5.74) is 0.957. The smallest absolute Gasteiger partial charge is 0.267 e. The van der Waals surface area contributed by atoms with E-state index in [1.807, 2.05) is 49.3 Å². The maximum absolute atomic E-state index is 12.4. The fourth-order valence-corrected chi connectivity index (χ4v) is 3.65. The average Bonchev–Trinajstić information content (AvgIpc) is 3.05. The summed E-state index contributed by atoms with van der Waals surface area (Å²) in [5, 5.41) is 3.56. The first-order chi connectivity index (χ1) is 11.6. The topological polar surface area (TPSA) is 67.2 Å². The van der Waals surface area contributed by atoms with Crippen LogP contribution in [0.15, 0.2) is 46.5 Å². The molecular formula is C17H20N4O2S. The van der Waals surface area contributed by atoms with E-state index in [2.05, 4.69) is 10.3 Å². The Morgan fingerprint density at radius 2 is 2.12 bits per heavy atom. The Kier molecular flexibility index (Phi) is 5.01. The third-order valence-electron chi connectivity index (χ3n) is 4.06. The summed E-state index contributed by atoms with van der Waals surface area (Å²) in [6.45, 7) is 1.03. The van der Waals surface area contributed by atoms with Crippen molar-refractivity contribution in [3.05, 3.63) is 58.0 Å². The van der Waals surface area contributed by atoms with Gasteiger partial charge in [0, 0.05) is 25.0 Å². The van der Waals surface area contributed by atoms with Crippen LogP contribution in [0.4, 0.5) is 0 Å². The van der Waals surface area contributed by atoms with Crippen molar-refractivity contribution in [1.82, 2.24) is 19.8 Å². The van der Waals surface area contributed by atoms with Gasteiger partial charge in [0.1, 0.15) is 5.56 Å². The van der Waals surface area contributed by atoms with Gasteiger partial charge in [-0.3, -0.25) is 14.2 Å². The monoisotopic (exact) mass is 344 g/mol. The number of likely N-dealkylation sites (N-methyl/N-ethyl adjacent to an activating group) is 1. The Balaban J connectivity index is 1.74. The number of aromatic nitrogens is 2. The molecule has 6 nitrogen and oxygen atoms in total. The fraction of sp³-hybridized carbons (Fsp3) is 0.353. The molecule has 7 heteroatoms. The van der Waals surface area contributed by atoms with Gasteiger partial charge in [-0.15, -0.1) is 0 Å². The lowest BCUT2D eigenvalue weighted by Crippen LogP contribution is -2.38. The van der Waals surface area contributed by atoms with Gasteiger partial charge in [-0.2, -0.15) is 0 Å². The summed E-state index contributed by atoms with van der Waals surface area (Å²) in [6, 6.07) is 10.0. The molecule has 1 amide bonds. The molecular weight excluding hydrogens is 324 g/mol. The van der Waals surface area contributed by atoms with Crippen LogP contribution in [-0.4, -0.2) is 46.8 Å². The predicted molar refractivity (Wildman–Crippen MR) is 94.4 cm³/mol. The summed E-state index contributed by atoms with van der Waals surface area (Å²) in [4.78, 5) is 31.1. The number of benzene rings is 1. The van der Waals surface area contributed by atoms with E-state index < -0.39 is 0 Å². The maximum atomic E-state index is 12.4. The summed E-state index contributed by atoms with van der Waals surface area (Å²) < 4.78 is 1.57. The zero-order valence-electron chi connectivity index (χ0n) is 13.7. The Morgan fingerprint density at radius 3 is 2.83 bits per heavy atom. The minimum absolute atomic E-state index is 0.0378. The summed E-state index contributed by atoms with van der Waals surface area (Å²) >= 11 is 1.54. The Morgan fingerprint density at radius 1 is 1.38 bits per heavy atom. The van der Waals surface area contributed by atoms with Gasteiger partial charge < -0.3 is 10.2 Å². The zero-order chi connectivity index (χ0) is 17.1. The summed E-state index contributed by atoms with van der Waals surface area (Å²) in [5.74, 6) is 0.451. The molecule has 1 aromatic carbocycles. The molecule has 0 bridgehead atoms. The highest BCUT2D eigenvalue weighted by molar-refractivity contribution is 7.99. The van der Waals surface area contributed by atoms with E-state index in [4.69, 9.17) is 0 Å². The quantitative estimate of drug-likeness (QED) is 0.830. The molecule has 1 aliphatic heterocycles. The van der Waals surface area contributed by atoms with Crippen LogP contribution in [0, 0.1) is 0 Å². The highest BCUT2D eigenvalue weighted by atomic mass is 32.2. The third-order valence-corrected chi connectivity index (χ3v) is 5.04. The van der Waals surface area contributed by atoms with Crippen molar-refractivity contribution in [1.29, 1.82) is 0 Å². The molecule has 0 radical (unpaired) electrons. The number of fused-ring (bicyclic) bond motifs is 1. The van der Waals surface area contributed by atoms with Crippen LogP contribution in [0.3, 0.4) is 0 Å². The second-order valence-electron chi connectivity index (χ2n) is 5.86. The Bertz CT molecular complexity index is 789. The molecule has 0 saturated carbocycles. The van der Waals surface area contributed by atoms with Crippen molar-refractivity contribution in [3.8, 4) is 0 Å². The molecule has 1 unspecified atom stereocenters. The second kappa shape index (κ2) is 7.19. The van der Waals surface area contributed by atoms with Crippen molar-refractivity contribution in [2.45, 2.75) is 17.7 Å². The van der Waals surface area contributed by atoms with Crippen LogP contribution in [0.2, 0.25) is 0 Å². The molecule has 0 spiro atoms. The first kappa shape index (κ1) is 16.7. The van der Waals surface area contributed by atoms with Crippen LogP contribution in [0.5, 0.6) is 0 Å². The average molecular weight is 344 g/mol. The van der Waals surface area contributed by atoms with Crippen molar-refractivity contribution in [2.75, 3.05) is 26.4 Å². The number of thioether (sulfide) groups is 1. The van der Waals surface area contributed by atoms with Crippen LogP contribution in [0.1, 0.15) is 22.0 Å². The minimum Gasteiger partial charge on any atom is -0.350 e. The van der Waals surface area contributed by atoms with Gasteiger partial charge in [0.15, 0.2) is 5.16 Å². The van der Waals surface area contributed by atoms with Crippen LogP contribution < -0.4 is 10.9 Å². The number of hydrogen-bond acceptors (Lipinski definition) is 5. The van der Waals surface area contributed by atoms with Crippen molar-refractivity contribution >= 4 is 17.7 Å². The Hall–Kier alpha value is -2.12. The maximum Gasteiger partial charge on any atom is 0.267 e. The van der Waals surface area contributed by atoms with Gasteiger partial charge in [-0.1, -0.05) is 42.1 Å². The van der Waals surface area contributed by atoms with Gasteiger partial charge in [0.2, 0.25) is 0 Å². The van der Waals surface area contributed by atoms with Crippen LogP contribution >= 0.6 is 11.8 Å². The molecule has 2 aromatic rings. The molecule has 1 N–H and O–H groups in total. The lowest BCUT2D eigenvalue weighted by Gasteiger charge is -2.25. The van der Waals surface area contributed by atoms with Crippen molar-refractivity contribution < 1.29 is 4.79 Å². The lowest BCUT2D eigenvalue weighted by atomic mass is 10.1. The molecule has 3 rings (SSSR count). The largest absolute Gasteiger partial charge is 0.350 e. The number of carbonyl (C=O) groups is 1. The first-order valence-electron chi connectivity index (χ1n) is 7.80. The highest BCUT2D eigenvalue weighted by Crippen LogP contribution is 2.20. The van der Waals surface area contributed by atoms with Crippen molar-refractivity contribution in [2.24, 2.45) is 0 Å². The fourth-order valence-electron chi connectivity index (χ4n) is 2.73. The van der Waals surface area contributed by atoms with E-state index in [0.29, 0.717) is 18.2 Å². The number of nitrogens with one attached hydrogen (secondary N) is 1.